The second-order valence-corrected chi connectivity index (χ2v) is 10.4. The lowest BCUT2D eigenvalue weighted by molar-refractivity contribution is -0.716. The average molecular weight is 421 g/mol. The highest BCUT2D eigenvalue weighted by Gasteiger charge is 2.56. The second kappa shape index (κ2) is 7.65. The summed E-state index contributed by atoms with van der Waals surface area (Å²) in [5.74, 6) is 2.02. The zero-order chi connectivity index (χ0) is 21.8. The van der Waals surface area contributed by atoms with Crippen LogP contribution in [0, 0.1) is 17.3 Å². The lowest BCUT2D eigenvalue weighted by atomic mass is 9.55. The number of carbonyl (C=O) groups is 1. The van der Waals surface area contributed by atoms with Crippen LogP contribution in [0.5, 0.6) is 5.75 Å². The zero-order valence-electron chi connectivity index (χ0n) is 18.9. The van der Waals surface area contributed by atoms with Crippen LogP contribution in [-0.2, 0) is 11.2 Å². The Labute approximate surface area is 185 Å². The van der Waals surface area contributed by atoms with Crippen molar-refractivity contribution in [3.8, 4) is 5.75 Å². The van der Waals surface area contributed by atoms with Crippen molar-refractivity contribution >= 4 is 5.97 Å². The van der Waals surface area contributed by atoms with Gasteiger partial charge in [-0.15, -0.1) is 0 Å². The molecule has 1 N–H and O–H groups in total. The molecule has 0 spiro atoms. The summed E-state index contributed by atoms with van der Waals surface area (Å²) >= 11 is 0. The van der Waals surface area contributed by atoms with Gasteiger partial charge in [-0.2, -0.15) is 0 Å². The van der Waals surface area contributed by atoms with Crippen molar-refractivity contribution in [2.45, 2.75) is 77.4 Å². The summed E-state index contributed by atoms with van der Waals surface area (Å²) < 4.78 is 8.24. The maximum atomic E-state index is 13.0. The lowest BCUT2D eigenvalue weighted by Crippen LogP contribution is -2.45. The summed E-state index contributed by atoms with van der Waals surface area (Å²) in [6, 6.07) is 10.1. The minimum atomic E-state index is -0.187. The number of phenols is 1. The SMILES string of the molecule is CC(C)[n+]1cccc(C(=O)O[C@H]2CC[C@H]3[C@@H]4CCc5cc(O)ccc5[C@H]4CC[C@]23C)c1. The Balaban J connectivity index is 1.34. The molecule has 0 unspecified atom stereocenters. The van der Waals surface area contributed by atoms with E-state index in [9.17, 15) is 9.90 Å². The number of ether oxygens (including phenoxy) is 1. The third-order valence-corrected chi connectivity index (χ3v) is 8.53. The number of aromatic hydroxyl groups is 1. The van der Waals surface area contributed by atoms with Gasteiger partial charge in [0, 0.05) is 11.5 Å². The summed E-state index contributed by atoms with van der Waals surface area (Å²) in [5.41, 5.74) is 3.48. The Kier molecular flexibility index (Phi) is 5.07. The number of aromatic nitrogens is 1. The fourth-order valence-corrected chi connectivity index (χ4v) is 6.85. The summed E-state index contributed by atoms with van der Waals surface area (Å²) in [4.78, 5) is 13.0. The number of aryl methyl sites for hydroxylation is 1. The fourth-order valence-electron chi connectivity index (χ4n) is 6.85. The molecule has 0 bridgehead atoms. The highest BCUT2D eigenvalue weighted by atomic mass is 16.5. The number of nitrogens with zero attached hydrogens (tertiary/aromatic N) is 1. The van der Waals surface area contributed by atoms with E-state index >= 15 is 0 Å². The van der Waals surface area contributed by atoms with Crippen LogP contribution < -0.4 is 4.57 Å². The molecule has 0 aliphatic heterocycles. The van der Waals surface area contributed by atoms with E-state index < -0.39 is 0 Å². The Bertz CT molecular complexity index is 1000. The van der Waals surface area contributed by atoms with Crippen LogP contribution in [0.4, 0.5) is 0 Å². The molecule has 0 radical (unpaired) electrons. The van der Waals surface area contributed by atoms with Gasteiger partial charge < -0.3 is 9.84 Å². The summed E-state index contributed by atoms with van der Waals surface area (Å²) in [6.45, 7) is 6.59. The monoisotopic (exact) mass is 420 g/mol. The van der Waals surface area contributed by atoms with Gasteiger partial charge in [-0.25, -0.2) is 9.36 Å². The first kappa shape index (κ1) is 20.5. The lowest BCUT2D eigenvalue weighted by Gasteiger charge is -2.50. The molecule has 0 amide bonds. The number of pyridine rings is 1. The predicted molar refractivity (Wildman–Crippen MR) is 119 cm³/mol. The molecule has 5 rings (SSSR count). The molecular formula is C27H34NO3+. The molecule has 164 valence electrons. The molecule has 0 saturated heterocycles. The van der Waals surface area contributed by atoms with Crippen molar-refractivity contribution in [3.63, 3.8) is 0 Å². The third-order valence-electron chi connectivity index (χ3n) is 8.53. The highest BCUT2D eigenvalue weighted by Crippen LogP contribution is 2.61. The van der Waals surface area contributed by atoms with Crippen LogP contribution in [0.2, 0.25) is 0 Å². The molecule has 5 atom stereocenters. The molecule has 1 aromatic carbocycles. The minimum Gasteiger partial charge on any atom is -0.508 e. The number of carbonyl (C=O) groups excluding carboxylic acids is 1. The molecule has 2 fully saturated rings. The average Bonchev–Trinajstić information content (AvgIpc) is 3.09. The van der Waals surface area contributed by atoms with E-state index in [1.54, 1.807) is 0 Å². The molecule has 1 aromatic heterocycles. The quantitative estimate of drug-likeness (QED) is 0.538. The van der Waals surface area contributed by atoms with Gasteiger partial charge in [0.15, 0.2) is 18.4 Å². The van der Waals surface area contributed by atoms with Crippen LogP contribution in [-0.4, -0.2) is 17.2 Å². The van der Waals surface area contributed by atoms with Gasteiger partial charge in [0.05, 0.1) is 0 Å². The molecule has 2 saturated carbocycles. The number of fused-ring (bicyclic) bond motifs is 5. The molecule has 2 aromatic rings. The molecule has 31 heavy (non-hydrogen) atoms. The van der Waals surface area contributed by atoms with Crippen molar-refractivity contribution in [3.05, 3.63) is 59.4 Å². The molecule has 1 heterocycles. The zero-order valence-corrected chi connectivity index (χ0v) is 18.9. The van der Waals surface area contributed by atoms with Crippen molar-refractivity contribution in [1.29, 1.82) is 0 Å². The Hall–Kier alpha value is -2.36. The van der Waals surface area contributed by atoms with E-state index in [2.05, 4.69) is 31.4 Å². The van der Waals surface area contributed by atoms with Crippen molar-refractivity contribution < 1.29 is 19.2 Å². The molecule has 3 aliphatic rings. The normalized spacial score (nSPS) is 31.6. The van der Waals surface area contributed by atoms with Gasteiger partial charge in [0.25, 0.3) is 0 Å². The van der Waals surface area contributed by atoms with Crippen molar-refractivity contribution in [2.24, 2.45) is 17.3 Å². The number of hydrogen-bond acceptors (Lipinski definition) is 3. The van der Waals surface area contributed by atoms with Gasteiger partial charge in [-0.05, 0) is 99.5 Å². The van der Waals surface area contributed by atoms with Gasteiger partial charge >= 0.3 is 5.97 Å². The number of phenolic OH excluding ortho intramolecular Hbond substituents is 1. The molecule has 4 nitrogen and oxygen atoms in total. The molecule has 4 heteroatoms. The molecular weight excluding hydrogens is 386 g/mol. The first-order valence-electron chi connectivity index (χ1n) is 11.9. The number of esters is 1. The number of benzene rings is 1. The van der Waals surface area contributed by atoms with Gasteiger partial charge in [0.2, 0.25) is 0 Å². The van der Waals surface area contributed by atoms with Crippen molar-refractivity contribution in [2.75, 3.05) is 0 Å². The summed E-state index contributed by atoms with van der Waals surface area (Å²) in [5, 5.41) is 9.89. The number of rotatable bonds is 3. The highest BCUT2D eigenvalue weighted by molar-refractivity contribution is 5.88. The Morgan fingerprint density at radius 3 is 2.84 bits per heavy atom. The predicted octanol–water partition coefficient (Wildman–Crippen LogP) is 5.34. The maximum Gasteiger partial charge on any atom is 0.344 e. The van der Waals surface area contributed by atoms with Crippen LogP contribution in [0.3, 0.4) is 0 Å². The summed E-state index contributed by atoms with van der Waals surface area (Å²) in [6.07, 6.45) is 10.5. The van der Waals surface area contributed by atoms with Gasteiger partial charge in [-0.3, -0.25) is 0 Å². The van der Waals surface area contributed by atoms with Crippen molar-refractivity contribution in [1.82, 2.24) is 0 Å². The standard InChI is InChI=1S/C27H33NO3/c1-17(2)28-14-4-5-19(16-28)26(30)31-25-11-10-24-23-8-6-18-15-20(29)7-9-21(18)22(23)12-13-27(24,25)3/h4-5,7,9,14-17,22-25H,6,8,10-13H2,1-3H3/p+1/t22-,23-,24+,25+,27+/m1/s1. The largest absolute Gasteiger partial charge is 0.508 e. The van der Waals surface area contributed by atoms with Crippen LogP contribution >= 0.6 is 0 Å². The molecule has 3 aliphatic carbocycles. The second-order valence-electron chi connectivity index (χ2n) is 10.4. The van der Waals surface area contributed by atoms with Crippen LogP contribution in [0.15, 0.2) is 42.7 Å². The maximum absolute atomic E-state index is 13.0. The van der Waals surface area contributed by atoms with E-state index in [1.807, 2.05) is 36.7 Å². The number of hydrogen-bond donors (Lipinski definition) is 1. The minimum absolute atomic E-state index is 0.000120. The first-order valence-corrected chi connectivity index (χ1v) is 11.9. The fraction of sp³-hybridized carbons (Fsp3) is 0.556. The third kappa shape index (κ3) is 3.44. The Morgan fingerprint density at radius 2 is 2.03 bits per heavy atom. The van der Waals surface area contributed by atoms with E-state index in [0.717, 1.165) is 32.1 Å². The first-order chi connectivity index (χ1) is 14.9. The van der Waals surface area contributed by atoms with Crippen LogP contribution in [0.1, 0.15) is 86.3 Å². The Morgan fingerprint density at radius 1 is 1.19 bits per heavy atom. The van der Waals surface area contributed by atoms with E-state index in [-0.39, 0.29) is 17.5 Å². The van der Waals surface area contributed by atoms with Gasteiger partial charge in [-0.1, -0.05) is 13.0 Å². The van der Waals surface area contributed by atoms with Crippen LogP contribution in [0.25, 0.3) is 0 Å². The topological polar surface area (TPSA) is 50.4 Å². The van der Waals surface area contributed by atoms with Gasteiger partial charge in [0.1, 0.15) is 17.4 Å². The smallest absolute Gasteiger partial charge is 0.344 e. The van der Waals surface area contributed by atoms with E-state index in [4.69, 9.17) is 4.74 Å². The van der Waals surface area contributed by atoms with E-state index in [1.165, 1.54) is 17.5 Å². The summed E-state index contributed by atoms with van der Waals surface area (Å²) in [7, 11) is 0. The van der Waals surface area contributed by atoms with E-state index in [0.29, 0.717) is 35.1 Å².